The molecule has 0 bridgehead atoms. The van der Waals surface area contributed by atoms with Crippen LogP contribution in [-0.4, -0.2) is 62.0 Å². The van der Waals surface area contributed by atoms with Crippen molar-refractivity contribution in [3.05, 3.63) is 34.6 Å². The van der Waals surface area contributed by atoms with E-state index in [4.69, 9.17) is 21.2 Å². The van der Waals surface area contributed by atoms with Gasteiger partial charge in [0.2, 0.25) is 6.10 Å². The van der Waals surface area contributed by atoms with Gasteiger partial charge in [0.25, 0.3) is 5.91 Å². The van der Waals surface area contributed by atoms with E-state index in [0.29, 0.717) is 12.3 Å². The fraction of sp³-hybridized carbons (Fsp3) is 0.529. The van der Waals surface area contributed by atoms with E-state index in [-0.39, 0.29) is 22.9 Å². The van der Waals surface area contributed by atoms with E-state index in [2.05, 4.69) is 15.4 Å². The number of carbonyl (C=O) groups excluding carboxylic acids is 1. The summed E-state index contributed by atoms with van der Waals surface area (Å²) in [5.74, 6) is -0.713. The van der Waals surface area contributed by atoms with Crippen LogP contribution in [0.5, 0.6) is 0 Å². The Hall–Kier alpha value is -1.70. The SMILES string of the molecule is O=C(NCCCN1CCOCC1)C1CC(c2c(F)cccc2Cl)=NO1. The maximum atomic E-state index is 13.9. The molecule has 1 fully saturated rings. The largest absolute Gasteiger partial charge is 0.382 e. The lowest BCUT2D eigenvalue weighted by molar-refractivity contribution is -0.131. The second-order valence-electron chi connectivity index (χ2n) is 6.03. The maximum absolute atomic E-state index is 13.9. The van der Waals surface area contributed by atoms with Crippen molar-refractivity contribution < 1.29 is 18.8 Å². The minimum Gasteiger partial charge on any atom is -0.382 e. The van der Waals surface area contributed by atoms with Crippen LogP contribution in [0.3, 0.4) is 0 Å². The molecule has 0 radical (unpaired) electrons. The molecule has 1 atom stereocenters. The molecule has 2 heterocycles. The first kappa shape index (κ1) is 18.1. The van der Waals surface area contributed by atoms with Gasteiger partial charge >= 0.3 is 0 Å². The third-order valence-electron chi connectivity index (χ3n) is 4.27. The molecule has 6 nitrogen and oxygen atoms in total. The van der Waals surface area contributed by atoms with Gasteiger partial charge in [0.15, 0.2) is 0 Å². The van der Waals surface area contributed by atoms with Crippen LogP contribution in [0.15, 0.2) is 23.4 Å². The summed E-state index contributed by atoms with van der Waals surface area (Å²) in [6.45, 7) is 4.87. The number of hydrogen-bond acceptors (Lipinski definition) is 5. The Kier molecular flexibility index (Phi) is 6.23. The molecule has 136 valence electrons. The number of halogens is 2. The minimum absolute atomic E-state index is 0.201. The lowest BCUT2D eigenvalue weighted by Crippen LogP contribution is -2.39. The third kappa shape index (κ3) is 4.68. The highest BCUT2D eigenvalue weighted by atomic mass is 35.5. The van der Waals surface area contributed by atoms with Gasteiger partial charge in [-0.1, -0.05) is 22.8 Å². The van der Waals surface area contributed by atoms with Gasteiger partial charge < -0.3 is 14.9 Å². The number of amides is 1. The van der Waals surface area contributed by atoms with Crippen molar-refractivity contribution >= 4 is 23.2 Å². The van der Waals surface area contributed by atoms with E-state index in [1.54, 1.807) is 6.07 Å². The predicted octanol–water partition coefficient (Wildman–Crippen LogP) is 1.81. The molecule has 1 amide bonds. The van der Waals surface area contributed by atoms with Crippen LogP contribution in [0.1, 0.15) is 18.4 Å². The van der Waals surface area contributed by atoms with Crippen molar-refractivity contribution in [3.8, 4) is 0 Å². The Balaban J connectivity index is 1.42. The predicted molar refractivity (Wildman–Crippen MR) is 92.3 cm³/mol. The number of morpholine rings is 1. The summed E-state index contributed by atoms with van der Waals surface area (Å²) in [5.41, 5.74) is 0.559. The molecule has 2 aliphatic heterocycles. The summed E-state index contributed by atoms with van der Waals surface area (Å²) in [6, 6.07) is 4.42. The van der Waals surface area contributed by atoms with E-state index < -0.39 is 11.9 Å². The Labute approximate surface area is 150 Å². The molecular formula is C17H21ClFN3O3. The molecule has 1 aromatic rings. The second kappa shape index (κ2) is 8.60. The van der Waals surface area contributed by atoms with Crippen LogP contribution >= 0.6 is 11.6 Å². The zero-order valence-electron chi connectivity index (χ0n) is 13.8. The van der Waals surface area contributed by atoms with E-state index in [9.17, 15) is 9.18 Å². The summed E-state index contributed by atoms with van der Waals surface area (Å²) < 4.78 is 19.2. The topological polar surface area (TPSA) is 63.2 Å². The monoisotopic (exact) mass is 369 g/mol. The van der Waals surface area contributed by atoms with Crippen LogP contribution in [0.4, 0.5) is 4.39 Å². The number of nitrogens with one attached hydrogen (secondary N) is 1. The molecule has 1 saturated heterocycles. The van der Waals surface area contributed by atoms with Crippen LogP contribution in [0.2, 0.25) is 5.02 Å². The minimum atomic E-state index is -0.742. The Morgan fingerprint density at radius 2 is 2.20 bits per heavy atom. The van der Waals surface area contributed by atoms with Crippen molar-refractivity contribution in [2.75, 3.05) is 39.4 Å². The summed E-state index contributed by atoms with van der Waals surface area (Å²) in [7, 11) is 0. The fourth-order valence-electron chi connectivity index (χ4n) is 2.89. The number of benzene rings is 1. The Morgan fingerprint density at radius 3 is 2.96 bits per heavy atom. The summed E-state index contributed by atoms with van der Waals surface area (Å²) in [5, 5.41) is 6.94. The van der Waals surface area contributed by atoms with E-state index in [0.717, 1.165) is 39.3 Å². The molecule has 0 saturated carbocycles. The first-order valence-corrected chi connectivity index (χ1v) is 8.78. The molecule has 1 N–H and O–H groups in total. The molecular weight excluding hydrogens is 349 g/mol. The quantitative estimate of drug-likeness (QED) is 0.777. The number of rotatable bonds is 6. The van der Waals surface area contributed by atoms with Gasteiger partial charge in [0.1, 0.15) is 5.82 Å². The smallest absolute Gasteiger partial charge is 0.264 e. The molecule has 0 aliphatic carbocycles. The van der Waals surface area contributed by atoms with Gasteiger partial charge in [-0.15, -0.1) is 0 Å². The summed E-state index contributed by atoms with van der Waals surface area (Å²) in [4.78, 5) is 19.6. The van der Waals surface area contributed by atoms with Crippen LogP contribution in [0, 0.1) is 5.82 Å². The average molecular weight is 370 g/mol. The first-order chi connectivity index (χ1) is 12.1. The van der Waals surface area contributed by atoms with Gasteiger partial charge in [-0.25, -0.2) is 4.39 Å². The lowest BCUT2D eigenvalue weighted by Gasteiger charge is -2.26. The molecule has 0 spiro atoms. The zero-order chi connectivity index (χ0) is 17.6. The van der Waals surface area contributed by atoms with Crippen molar-refractivity contribution in [1.29, 1.82) is 0 Å². The third-order valence-corrected chi connectivity index (χ3v) is 4.58. The number of hydrogen-bond donors (Lipinski definition) is 1. The Bertz CT molecular complexity index is 630. The van der Waals surface area contributed by atoms with Crippen LogP contribution in [-0.2, 0) is 14.4 Å². The van der Waals surface area contributed by atoms with E-state index >= 15 is 0 Å². The molecule has 1 aromatic carbocycles. The first-order valence-electron chi connectivity index (χ1n) is 8.40. The maximum Gasteiger partial charge on any atom is 0.264 e. The van der Waals surface area contributed by atoms with Crippen LogP contribution in [0.25, 0.3) is 0 Å². The molecule has 8 heteroatoms. The zero-order valence-corrected chi connectivity index (χ0v) is 14.6. The normalized spacial score (nSPS) is 20.9. The highest BCUT2D eigenvalue weighted by Crippen LogP contribution is 2.25. The van der Waals surface area contributed by atoms with E-state index in [1.807, 2.05) is 0 Å². The van der Waals surface area contributed by atoms with Crippen molar-refractivity contribution in [2.24, 2.45) is 5.16 Å². The van der Waals surface area contributed by atoms with Crippen molar-refractivity contribution in [2.45, 2.75) is 18.9 Å². The van der Waals surface area contributed by atoms with Gasteiger partial charge in [-0.3, -0.25) is 9.69 Å². The standard InChI is InChI=1S/C17H21ClFN3O3/c18-12-3-1-4-13(19)16(12)14-11-15(25-21-14)17(23)20-5-2-6-22-7-9-24-10-8-22/h1,3-4,15H,2,5-11H2,(H,20,23). The van der Waals surface area contributed by atoms with Crippen molar-refractivity contribution in [1.82, 2.24) is 10.2 Å². The number of oxime groups is 1. The van der Waals surface area contributed by atoms with Gasteiger partial charge in [-0.2, -0.15) is 0 Å². The summed E-state index contributed by atoms with van der Waals surface area (Å²) in [6.07, 6.45) is 0.315. The number of nitrogens with zero attached hydrogens (tertiary/aromatic N) is 2. The molecule has 25 heavy (non-hydrogen) atoms. The Morgan fingerprint density at radius 1 is 1.40 bits per heavy atom. The van der Waals surface area contributed by atoms with E-state index in [1.165, 1.54) is 12.1 Å². The fourth-order valence-corrected chi connectivity index (χ4v) is 3.16. The molecule has 0 aromatic heterocycles. The molecule has 3 rings (SSSR count). The van der Waals surface area contributed by atoms with Gasteiger partial charge in [-0.05, 0) is 25.1 Å². The molecule has 2 aliphatic rings. The van der Waals surface area contributed by atoms with Crippen LogP contribution < -0.4 is 5.32 Å². The highest BCUT2D eigenvalue weighted by molar-refractivity contribution is 6.34. The van der Waals surface area contributed by atoms with Gasteiger partial charge in [0, 0.05) is 26.1 Å². The highest BCUT2D eigenvalue weighted by Gasteiger charge is 2.30. The van der Waals surface area contributed by atoms with Gasteiger partial charge in [0.05, 0.1) is 29.5 Å². The van der Waals surface area contributed by atoms with Crippen molar-refractivity contribution in [3.63, 3.8) is 0 Å². The molecule has 1 unspecified atom stereocenters. The second-order valence-corrected chi connectivity index (χ2v) is 6.44. The average Bonchev–Trinajstić information content (AvgIpc) is 3.09. The number of carbonyl (C=O) groups is 1. The lowest BCUT2D eigenvalue weighted by atomic mass is 10.0. The number of ether oxygens (including phenoxy) is 1. The summed E-state index contributed by atoms with van der Waals surface area (Å²) >= 11 is 6.02.